The Bertz CT molecular complexity index is 1520. The van der Waals surface area contributed by atoms with Gasteiger partial charge in [0.05, 0.1) is 31.1 Å². The summed E-state index contributed by atoms with van der Waals surface area (Å²) in [5.41, 5.74) is 5.68. The zero-order valence-corrected chi connectivity index (χ0v) is 22.7. The van der Waals surface area contributed by atoms with Crippen LogP contribution in [0.4, 0.5) is 14.6 Å². The molecule has 0 bridgehead atoms. The quantitative estimate of drug-likeness (QED) is 0.220. The second-order valence-corrected chi connectivity index (χ2v) is 9.33. The Hall–Kier alpha value is -4.30. The van der Waals surface area contributed by atoms with Crippen LogP contribution in [0.25, 0.3) is 16.9 Å². The number of anilines is 1. The van der Waals surface area contributed by atoms with Gasteiger partial charge in [-0.05, 0) is 37.3 Å². The maximum absolute atomic E-state index is 14.2. The molecule has 1 aliphatic rings. The van der Waals surface area contributed by atoms with Gasteiger partial charge >= 0.3 is 0 Å². The lowest BCUT2D eigenvalue weighted by Gasteiger charge is -2.21. The molecule has 1 fully saturated rings. The van der Waals surface area contributed by atoms with E-state index in [4.69, 9.17) is 19.5 Å². The van der Waals surface area contributed by atoms with Crippen LogP contribution in [0, 0.1) is 18.7 Å². The van der Waals surface area contributed by atoms with E-state index >= 15 is 0 Å². The molecule has 2 atom stereocenters. The Morgan fingerprint density at radius 3 is 2.68 bits per heavy atom. The SMILES string of the molecule is COCCN1C[C@@H](Nc2c(C)c(-c3ccnc(C(=O)NOC)c3)nn2-c2ccccc2)[C@H](c2cnc(F)c(F)c2)O1. The summed E-state index contributed by atoms with van der Waals surface area (Å²) in [4.78, 5) is 30.9. The zero-order chi connectivity index (χ0) is 28.9. The predicted molar refractivity (Wildman–Crippen MR) is 145 cm³/mol. The summed E-state index contributed by atoms with van der Waals surface area (Å²) in [5.74, 6) is -2.06. The fourth-order valence-corrected chi connectivity index (χ4v) is 4.65. The summed E-state index contributed by atoms with van der Waals surface area (Å²) in [6.45, 7) is 3.21. The fourth-order valence-electron chi connectivity index (χ4n) is 4.65. The number of benzene rings is 1. The largest absolute Gasteiger partial charge is 0.383 e. The van der Waals surface area contributed by atoms with E-state index in [2.05, 4.69) is 20.8 Å². The molecule has 1 aromatic carbocycles. The highest BCUT2D eigenvalue weighted by molar-refractivity contribution is 5.92. The Kier molecular flexibility index (Phi) is 8.59. The molecular weight excluding hydrogens is 536 g/mol. The van der Waals surface area contributed by atoms with Gasteiger partial charge in [0.25, 0.3) is 5.91 Å². The van der Waals surface area contributed by atoms with Gasteiger partial charge in [0.1, 0.15) is 17.6 Å². The van der Waals surface area contributed by atoms with Crippen LogP contribution in [0.15, 0.2) is 60.9 Å². The summed E-state index contributed by atoms with van der Waals surface area (Å²) >= 11 is 0. The first-order valence-corrected chi connectivity index (χ1v) is 12.8. The molecule has 1 saturated heterocycles. The van der Waals surface area contributed by atoms with Gasteiger partial charge in [0, 0.05) is 49.3 Å². The monoisotopic (exact) mass is 565 g/mol. The highest BCUT2D eigenvalue weighted by Crippen LogP contribution is 2.36. The van der Waals surface area contributed by atoms with Gasteiger partial charge in [-0.25, -0.2) is 19.5 Å². The van der Waals surface area contributed by atoms with Crippen LogP contribution in [0.3, 0.4) is 0 Å². The molecule has 0 aliphatic carbocycles. The minimum Gasteiger partial charge on any atom is -0.383 e. The number of methoxy groups -OCH3 is 1. The van der Waals surface area contributed by atoms with Crippen molar-refractivity contribution in [2.24, 2.45) is 0 Å². The Labute approximate surface area is 235 Å². The number of nitrogens with zero attached hydrogens (tertiary/aromatic N) is 5. The number of aromatic nitrogens is 4. The van der Waals surface area contributed by atoms with Crippen molar-refractivity contribution in [3.8, 4) is 16.9 Å². The van der Waals surface area contributed by atoms with E-state index in [1.54, 1.807) is 29.0 Å². The van der Waals surface area contributed by atoms with Crippen LogP contribution in [0.2, 0.25) is 0 Å². The van der Waals surface area contributed by atoms with Gasteiger partial charge in [0.15, 0.2) is 5.82 Å². The molecule has 1 aliphatic heterocycles. The summed E-state index contributed by atoms with van der Waals surface area (Å²) in [5, 5.41) is 10.2. The number of hydrogen-bond acceptors (Lipinski definition) is 9. The van der Waals surface area contributed by atoms with Gasteiger partial charge in [-0.3, -0.25) is 19.5 Å². The molecule has 2 N–H and O–H groups in total. The molecule has 0 spiro atoms. The van der Waals surface area contributed by atoms with Crippen molar-refractivity contribution in [3.63, 3.8) is 0 Å². The highest BCUT2D eigenvalue weighted by atomic mass is 19.2. The van der Waals surface area contributed by atoms with E-state index in [-0.39, 0.29) is 5.69 Å². The number of pyridine rings is 2. The van der Waals surface area contributed by atoms with Crippen LogP contribution in [-0.4, -0.2) is 70.7 Å². The van der Waals surface area contributed by atoms with Crippen molar-refractivity contribution in [2.75, 3.05) is 39.2 Å². The molecule has 4 heterocycles. The average molecular weight is 566 g/mol. The van der Waals surface area contributed by atoms with Crippen molar-refractivity contribution in [3.05, 3.63) is 89.5 Å². The van der Waals surface area contributed by atoms with Gasteiger partial charge < -0.3 is 10.1 Å². The number of ether oxygens (including phenoxy) is 1. The van der Waals surface area contributed by atoms with Crippen LogP contribution >= 0.6 is 0 Å². The van der Waals surface area contributed by atoms with E-state index in [9.17, 15) is 13.6 Å². The lowest BCUT2D eigenvalue weighted by molar-refractivity contribution is -0.153. The molecule has 1 amide bonds. The van der Waals surface area contributed by atoms with Gasteiger partial charge in [-0.15, -0.1) is 0 Å². The molecule has 0 saturated carbocycles. The summed E-state index contributed by atoms with van der Waals surface area (Å²) in [6, 6.07) is 13.6. The second kappa shape index (κ2) is 12.5. The molecule has 214 valence electrons. The third-order valence-electron chi connectivity index (χ3n) is 6.63. The number of hydroxylamine groups is 3. The third kappa shape index (κ3) is 6.07. The molecule has 5 rings (SSSR count). The highest BCUT2D eigenvalue weighted by Gasteiger charge is 2.37. The van der Waals surface area contributed by atoms with Gasteiger partial charge in [-0.2, -0.15) is 14.6 Å². The Balaban J connectivity index is 1.55. The summed E-state index contributed by atoms with van der Waals surface area (Å²) < 4.78 is 34.8. The third-order valence-corrected chi connectivity index (χ3v) is 6.63. The van der Waals surface area contributed by atoms with E-state index in [1.165, 1.54) is 19.5 Å². The lowest BCUT2D eigenvalue weighted by atomic mass is 10.0. The molecule has 3 aromatic heterocycles. The van der Waals surface area contributed by atoms with E-state index in [0.29, 0.717) is 42.3 Å². The first-order valence-electron chi connectivity index (χ1n) is 12.8. The lowest BCUT2D eigenvalue weighted by Crippen LogP contribution is -2.30. The molecule has 13 heteroatoms. The van der Waals surface area contributed by atoms with Crippen molar-refractivity contribution in [1.29, 1.82) is 0 Å². The number of para-hydroxylation sites is 1. The average Bonchev–Trinajstić information content (AvgIpc) is 3.54. The standard InChI is InChI=1S/C28H29F2N7O4/c1-17-24(18-9-10-31-22(14-18)28(38)35-40-3)34-37(20-7-5-4-6-8-20)27(17)33-23-16-36(11-12-39-2)41-25(23)19-13-21(29)26(30)32-15-19/h4-10,13-15,23,25,33H,11-12,16H2,1-3H3,(H,35,38)/t23-,25+/m1/s1. The first-order chi connectivity index (χ1) is 19.9. The summed E-state index contributed by atoms with van der Waals surface area (Å²) in [6.07, 6.45) is 2.12. The van der Waals surface area contributed by atoms with E-state index in [0.717, 1.165) is 17.3 Å². The fraction of sp³-hybridized carbons (Fsp3) is 0.286. The molecule has 0 unspecified atom stereocenters. The maximum atomic E-state index is 14.2. The first kappa shape index (κ1) is 28.2. The van der Waals surface area contributed by atoms with Crippen LogP contribution < -0.4 is 10.8 Å². The van der Waals surface area contributed by atoms with Crippen molar-refractivity contribution in [1.82, 2.24) is 30.3 Å². The smallest absolute Gasteiger partial charge is 0.293 e. The molecule has 41 heavy (non-hydrogen) atoms. The maximum Gasteiger partial charge on any atom is 0.293 e. The van der Waals surface area contributed by atoms with Crippen LogP contribution in [0.1, 0.15) is 27.7 Å². The van der Waals surface area contributed by atoms with Crippen LogP contribution in [0.5, 0.6) is 0 Å². The molecular formula is C28H29F2N7O4. The second-order valence-electron chi connectivity index (χ2n) is 9.33. The number of nitrogens with one attached hydrogen (secondary N) is 2. The van der Waals surface area contributed by atoms with E-state index < -0.39 is 29.8 Å². The minimum absolute atomic E-state index is 0.163. The number of carbonyl (C=O) groups is 1. The molecule has 4 aromatic rings. The number of hydrogen-bond donors (Lipinski definition) is 2. The predicted octanol–water partition coefficient (Wildman–Crippen LogP) is 3.62. The Morgan fingerprint density at radius 1 is 1.15 bits per heavy atom. The van der Waals surface area contributed by atoms with E-state index in [1.807, 2.05) is 37.3 Å². The van der Waals surface area contributed by atoms with Crippen molar-refractivity contribution < 1.29 is 28.0 Å². The molecule has 11 nitrogen and oxygen atoms in total. The summed E-state index contributed by atoms with van der Waals surface area (Å²) in [7, 11) is 2.94. The number of carbonyl (C=O) groups excluding carboxylic acids is 1. The normalized spacial score (nSPS) is 17.1. The topological polar surface area (TPSA) is 116 Å². The molecule has 0 radical (unpaired) electrons. The van der Waals surface area contributed by atoms with Crippen molar-refractivity contribution in [2.45, 2.75) is 19.1 Å². The van der Waals surface area contributed by atoms with Gasteiger partial charge in [0.2, 0.25) is 5.95 Å². The minimum atomic E-state index is -1.17. The number of halogens is 2. The van der Waals surface area contributed by atoms with Gasteiger partial charge in [-0.1, -0.05) is 18.2 Å². The number of amides is 1. The Morgan fingerprint density at radius 2 is 1.95 bits per heavy atom. The number of rotatable bonds is 10. The van der Waals surface area contributed by atoms with Crippen LogP contribution in [-0.2, 0) is 14.4 Å². The van der Waals surface area contributed by atoms with Crippen molar-refractivity contribution >= 4 is 11.7 Å². The zero-order valence-electron chi connectivity index (χ0n) is 22.7.